The largest absolute Gasteiger partial charge is 0.393 e. The Morgan fingerprint density at radius 3 is 3.07 bits per heavy atom. The molecule has 3 nitrogen and oxygen atoms in total. The van der Waals surface area contributed by atoms with Gasteiger partial charge in [0.2, 0.25) is 0 Å². The van der Waals surface area contributed by atoms with Crippen molar-refractivity contribution in [2.75, 3.05) is 26.2 Å². The van der Waals surface area contributed by atoms with E-state index in [0.717, 1.165) is 45.5 Å². The van der Waals surface area contributed by atoms with Gasteiger partial charge >= 0.3 is 0 Å². The van der Waals surface area contributed by atoms with Crippen molar-refractivity contribution < 1.29 is 4.74 Å². The Balaban J connectivity index is 2.14. The van der Waals surface area contributed by atoms with Crippen molar-refractivity contribution in [1.82, 2.24) is 4.90 Å². The molecule has 14 heavy (non-hydrogen) atoms. The van der Waals surface area contributed by atoms with Gasteiger partial charge in [-0.25, -0.2) is 0 Å². The molecule has 0 aliphatic carbocycles. The Kier molecular flexibility index (Phi) is 5.37. The van der Waals surface area contributed by atoms with Gasteiger partial charge in [-0.3, -0.25) is 4.90 Å². The molecule has 0 amide bonds. The zero-order chi connectivity index (χ0) is 10.4. The molecule has 2 N–H and O–H groups in total. The third-order valence-corrected chi connectivity index (χ3v) is 2.78. The highest BCUT2D eigenvalue weighted by atomic mass is 32.1. The molecule has 0 radical (unpaired) electrons. The topological polar surface area (TPSA) is 38.5 Å². The summed E-state index contributed by atoms with van der Waals surface area (Å²) < 4.78 is 5.59. The van der Waals surface area contributed by atoms with Crippen molar-refractivity contribution in [2.45, 2.75) is 32.3 Å². The lowest BCUT2D eigenvalue weighted by molar-refractivity contribution is -0.0296. The summed E-state index contributed by atoms with van der Waals surface area (Å²) in [4.78, 5) is 3.07. The zero-order valence-corrected chi connectivity index (χ0v) is 9.68. The van der Waals surface area contributed by atoms with E-state index in [0.29, 0.717) is 11.1 Å². The van der Waals surface area contributed by atoms with Crippen LogP contribution in [0.25, 0.3) is 0 Å². The Morgan fingerprint density at radius 2 is 2.43 bits per heavy atom. The van der Waals surface area contributed by atoms with E-state index in [9.17, 15) is 0 Å². The van der Waals surface area contributed by atoms with Crippen molar-refractivity contribution in [3.05, 3.63) is 0 Å². The quantitative estimate of drug-likeness (QED) is 0.700. The van der Waals surface area contributed by atoms with Crippen molar-refractivity contribution in [3.63, 3.8) is 0 Å². The van der Waals surface area contributed by atoms with Gasteiger partial charge in [-0.1, -0.05) is 19.1 Å². The first-order valence-corrected chi connectivity index (χ1v) is 5.75. The minimum absolute atomic E-state index is 0.425. The first kappa shape index (κ1) is 11.9. The van der Waals surface area contributed by atoms with Crippen LogP contribution >= 0.6 is 12.2 Å². The first-order chi connectivity index (χ1) is 6.72. The highest BCUT2D eigenvalue weighted by molar-refractivity contribution is 7.80. The minimum atomic E-state index is 0.425. The Morgan fingerprint density at radius 1 is 1.64 bits per heavy atom. The monoisotopic (exact) mass is 216 g/mol. The molecule has 1 heterocycles. The lowest BCUT2D eigenvalue weighted by Crippen LogP contribution is -2.42. The van der Waals surface area contributed by atoms with Gasteiger partial charge in [-0.15, -0.1) is 0 Å². The maximum absolute atomic E-state index is 5.59. The van der Waals surface area contributed by atoms with E-state index < -0.39 is 0 Å². The number of hydrogen-bond donors (Lipinski definition) is 1. The van der Waals surface area contributed by atoms with Gasteiger partial charge in [0.15, 0.2) is 0 Å². The highest BCUT2D eigenvalue weighted by Gasteiger charge is 2.17. The average Bonchev–Trinajstić information content (AvgIpc) is 2.18. The van der Waals surface area contributed by atoms with Crippen LogP contribution < -0.4 is 5.73 Å². The van der Waals surface area contributed by atoms with E-state index in [4.69, 9.17) is 22.7 Å². The maximum atomic E-state index is 5.59. The van der Waals surface area contributed by atoms with Gasteiger partial charge in [0.25, 0.3) is 0 Å². The fourth-order valence-corrected chi connectivity index (χ4v) is 1.85. The number of rotatable bonds is 5. The summed E-state index contributed by atoms with van der Waals surface area (Å²) in [5, 5.41) is 0. The molecule has 0 aromatic heterocycles. The normalized spacial score (nSPS) is 23.6. The molecule has 0 saturated carbocycles. The Hall–Kier alpha value is -0.190. The number of nitrogens with two attached hydrogens (primary N) is 1. The predicted molar refractivity (Wildman–Crippen MR) is 62.5 cm³/mol. The molecule has 4 heteroatoms. The van der Waals surface area contributed by atoms with E-state index in [1.807, 2.05) is 0 Å². The van der Waals surface area contributed by atoms with Crippen LogP contribution in [-0.4, -0.2) is 42.2 Å². The molecule has 1 aliphatic heterocycles. The number of morpholine rings is 1. The summed E-state index contributed by atoms with van der Waals surface area (Å²) in [7, 11) is 0. The molecule has 1 unspecified atom stereocenters. The summed E-state index contributed by atoms with van der Waals surface area (Å²) in [5.74, 6) is 0. The van der Waals surface area contributed by atoms with Crippen molar-refractivity contribution in [3.8, 4) is 0 Å². The molecule has 1 atom stereocenters. The van der Waals surface area contributed by atoms with Crippen LogP contribution in [0.1, 0.15) is 26.2 Å². The third kappa shape index (κ3) is 4.35. The van der Waals surface area contributed by atoms with Gasteiger partial charge in [0.05, 0.1) is 17.7 Å². The van der Waals surface area contributed by atoms with Crippen LogP contribution in [0.5, 0.6) is 0 Å². The summed E-state index contributed by atoms with van der Waals surface area (Å²) in [6.45, 7) is 6.24. The second-order valence-corrected chi connectivity index (χ2v) is 4.30. The van der Waals surface area contributed by atoms with Crippen molar-refractivity contribution in [2.24, 2.45) is 5.73 Å². The number of ether oxygens (including phenoxy) is 1. The van der Waals surface area contributed by atoms with E-state index in [-0.39, 0.29) is 0 Å². The van der Waals surface area contributed by atoms with Gasteiger partial charge in [0, 0.05) is 13.1 Å². The summed E-state index contributed by atoms with van der Waals surface area (Å²) in [5.41, 5.74) is 5.45. The number of thiocarbonyl (C=S) groups is 1. The smallest absolute Gasteiger partial charge is 0.0727 e. The van der Waals surface area contributed by atoms with Crippen LogP contribution in [0.3, 0.4) is 0 Å². The molecule has 0 aromatic carbocycles. The maximum Gasteiger partial charge on any atom is 0.0727 e. The van der Waals surface area contributed by atoms with Gasteiger partial charge < -0.3 is 10.5 Å². The molecule has 1 rings (SSSR count). The predicted octanol–water partition coefficient (Wildman–Crippen LogP) is 1.16. The Bertz CT molecular complexity index is 187. The molecule has 1 fully saturated rings. The minimum Gasteiger partial charge on any atom is -0.393 e. The molecule has 0 bridgehead atoms. The standard InChI is InChI=1S/C10H20N2OS/c1-2-9-8-12(6-7-13-9)5-3-4-10(11)14/h9H,2-8H2,1H3,(H2,11,14). The third-order valence-electron chi connectivity index (χ3n) is 2.58. The number of nitrogens with zero attached hydrogens (tertiary/aromatic N) is 1. The zero-order valence-electron chi connectivity index (χ0n) is 8.87. The van der Waals surface area contributed by atoms with Gasteiger partial charge in [-0.05, 0) is 25.8 Å². The molecular weight excluding hydrogens is 196 g/mol. The molecule has 0 spiro atoms. The lowest BCUT2D eigenvalue weighted by atomic mass is 10.2. The molecular formula is C10H20N2OS. The van der Waals surface area contributed by atoms with Crippen LogP contribution in [0.4, 0.5) is 0 Å². The lowest BCUT2D eigenvalue weighted by Gasteiger charge is -2.32. The van der Waals surface area contributed by atoms with E-state index in [1.54, 1.807) is 0 Å². The average molecular weight is 216 g/mol. The molecule has 82 valence electrons. The van der Waals surface area contributed by atoms with Crippen LogP contribution in [0.15, 0.2) is 0 Å². The summed E-state index contributed by atoms with van der Waals surface area (Å²) >= 11 is 4.84. The van der Waals surface area contributed by atoms with E-state index in [2.05, 4.69) is 11.8 Å². The van der Waals surface area contributed by atoms with Crippen LogP contribution in [0, 0.1) is 0 Å². The molecule has 1 aliphatic rings. The SMILES string of the molecule is CCC1CN(CCCC(N)=S)CCO1. The highest BCUT2D eigenvalue weighted by Crippen LogP contribution is 2.08. The fraction of sp³-hybridized carbons (Fsp3) is 0.900. The summed E-state index contributed by atoms with van der Waals surface area (Å²) in [6.07, 6.45) is 3.47. The number of hydrogen-bond acceptors (Lipinski definition) is 3. The summed E-state index contributed by atoms with van der Waals surface area (Å²) in [6, 6.07) is 0. The second-order valence-electron chi connectivity index (χ2n) is 3.77. The fourth-order valence-electron chi connectivity index (χ4n) is 1.71. The van der Waals surface area contributed by atoms with E-state index in [1.165, 1.54) is 0 Å². The first-order valence-electron chi connectivity index (χ1n) is 5.34. The van der Waals surface area contributed by atoms with Crippen molar-refractivity contribution >= 4 is 17.2 Å². The molecule has 0 aromatic rings. The second kappa shape index (κ2) is 6.32. The van der Waals surface area contributed by atoms with Crippen LogP contribution in [0.2, 0.25) is 0 Å². The van der Waals surface area contributed by atoms with Gasteiger partial charge in [0.1, 0.15) is 0 Å². The molecule has 1 saturated heterocycles. The van der Waals surface area contributed by atoms with Gasteiger partial charge in [-0.2, -0.15) is 0 Å². The van der Waals surface area contributed by atoms with Crippen molar-refractivity contribution in [1.29, 1.82) is 0 Å². The van der Waals surface area contributed by atoms with E-state index >= 15 is 0 Å². The Labute approximate surface area is 91.6 Å². The van der Waals surface area contributed by atoms with Crippen LogP contribution in [-0.2, 0) is 4.74 Å².